The van der Waals surface area contributed by atoms with Crippen LogP contribution in [-0.4, -0.2) is 38.4 Å². The van der Waals surface area contributed by atoms with Crippen molar-refractivity contribution < 1.29 is 14.3 Å². The van der Waals surface area contributed by atoms with Crippen molar-refractivity contribution in [2.24, 2.45) is 0 Å². The number of carbonyl (C=O) groups excluding carboxylic acids is 1. The first-order valence-electron chi connectivity index (χ1n) is 5.19. The molecule has 1 aliphatic rings. The summed E-state index contributed by atoms with van der Waals surface area (Å²) in [5, 5.41) is 3.09. The van der Waals surface area contributed by atoms with E-state index in [4.69, 9.17) is 9.47 Å². The number of hydrogen-bond acceptors (Lipinski definition) is 4. The number of likely N-dealkylation sites (N-methyl/N-ethyl adjacent to an activating group) is 1. The van der Waals surface area contributed by atoms with E-state index in [2.05, 4.69) is 5.32 Å². The molecule has 1 saturated heterocycles. The van der Waals surface area contributed by atoms with Gasteiger partial charge in [0.1, 0.15) is 5.54 Å². The Bertz CT molecular complexity index is 186. The van der Waals surface area contributed by atoms with Crippen LogP contribution in [0, 0.1) is 0 Å². The Morgan fingerprint density at radius 1 is 1.50 bits per heavy atom. The van der Waals surface area contributed by atoms with E-state index in [1.807, 2.05) is 14.0 Å². The Morgan fingerprint density at radius 3 is 2.93 bits per heavy atom. The number of ether oxygens (including phenoxy) is 2. The number of nitrogens with one attached hydrogen (secondary N) is 1. The molecular formula is C10H19NO3. The molecule has 0 saturated carbocycles. The molecule has 1 N–H and O–H groups in total. The summed E-state index contributed by atoms with van der Waals surface area (Å²) in [6.07, 6.45) is 2.39. The van der Waals surface area contributed by atoms with E-state index in [1.165, 1.54) is 0 Å². The number of rotatable bonds is 3. The van der Waals surface area contributed by atoms with Gasteiger partial charge in [-0.1, -0.05) is 0 Å². The van der Waals surface area contributed by atoms with Gasteiger partial charge in [-0.3, -0.25) is 4.79 Å². The molecule has 4 heteroatoms. The molecule has 1 atom stereocenters. The van der Waals surface area contributed by atoms with Crippen molar-refractivity contribution in [3.8, 4) is 0 Å². The van der Waals surface area contributed by atoms with Crippen molar-refractivity contribution in [3.05, 3.63) is 0 Å². The van der Waals surface area contributed by atoms with Crippen LogP contribution in [0.15, 0.2) is 0 Å². The van der Waals surface area contributed by atoms with Gasteiger partial charge in [-0.05, 0) is 33.2 Å². The lowest BCUT2D eigenvalue weighted by Gasteiger charge is -2.28. The fourth-order valence-electron chi connectivity index (χ4n) is 1.77. The highest BCUT2D eigenvalue weighted by Gasteiger charge is 2.38. The van der Waals surface area contributed by atoms with Crippen LogP contribution in [0.3, 0.4) is 0 Å². The third-order valence-corrected chi connectivity index (χ3v) is 2.71. The maximum Gasteiger partial charge on any atom is 0.326 e. The Labute approximate surface area is 85.0 Å². The molecule has 1 aliphatic heterocycles. The zero-order chi connectivity index (χ0) is 10.4. The van der Waals surface area contributed by atoms with Gasteiger partial charge in [0.2, 0.25) is 0 Å². The van der Waals surface area contributed by atoms with Crippen LogP contribution in [0.1, 0.15) is 26.2 Å². The van der Waals surface area contributed by atoms with Gasteiger partial charge in [-0.15, -0.1) is 0 Å². The van der Waals surface area contributed by atoms with Crippen LogP contribution in [0.5, 0.6) is 0 Å². The van der Waals surface area contributed by atoms with Crippen molar-refractivity contribution in [2.75, 3.05) is 26.9 Å². The highest BCUT2D eigenvalue weighted by Crippen LogP contribution is 2.22. The second kappa shape index (κ2) is 5.32. The van der Waals surface area contributed by atoms with E-state index >= 15 is 0 Å². The SMILES string of the molecule is CCOC(=O)C1(NC)CCCOCC1. The molecule has 0 aromatic rings. The maximum absolute atomic E-state index is 11.8. The van der Waals surface area contributed by atoms with Crippen molar-refractivity contribution in [1.82, 2.24) is 5.32 Å². The lowest BCUT2D eigenvalue weighted by atomic mass is 9.91. The second-order valence-electron chi connectivity index (χ2n) is 3.52. The lowest BCUT2D eigenvalue weighted by molar-refractivity contribution is -0.151. The molecule has 0 amide bonds. The van der Waals surface area contributed by atoms with Gasteiger partial charge < -0.3 is 14.8 Å². The Kier molecular flexibility index (Phi) is 4.35. The van der Waals surface area contributed by atoms with Gasteiger partial charge in [0.05, 0.1) is 6.61 Å². The van der Waals surface area contributed by atoms with E-state index < -0.39 is 5.54 Å². The van der Waals surface area contributed by atoms with Crippen LogP contribution >= 0.6 is 0 Å². The van der Waals surface area contributed by atoms with Crippen LogP contribution in [0.2, 0.25) is 0 Å². The second-order valence-corrected chi connectivity index (χ2v) is 3.52. The molecule has 14 heavy (non-hydrogen) atoms. The van der Waals surface area contributed by atoms with Gasteiger partial charge in [0, 0.05) is 13.2 Å². The van der Waals surface area contributed by atoms with Gasteiger partial charge in [-0.25, -0.2) is 0 Å². The monoisotopic (exact) mass is 201 g/mol. The molecule has 1 rings (SSSR count). The molecule has 0 radical (unpaired) electrons. The minimum absolute atomic E-state index is 0.145. The van der Waals surface area contributed by atoms with Gasteiger partial charge in [-0.2, -0.15) is 0 Å². The summed E-state index contributed by atoms with van der Waals surface area (Å²) < 4.78 is 10.4. The summed E-state index contributed by atoms with van der Waals surface area (Å²) in [5.74, 6) is -0.145. The minimum Gasteiger partial charge on any atom is -0.465 e. The molecule has 0 aromatic carbocycles. The molecule has 1 fully saturated rings. The average Bonchev–Trinajstić information content (AvgIpc) is 2.44. The van der Waals surface area contributed by atoms with Crippen molar-refractivity contribution in [3.63, 3.8) is 0 Å². The van der Waals surface area contributed by atoms with Crippen LogP contribution in [-0.2, 0) is 14.3 Å². The van der Waals surface area contributed by atoms with Crippen molar-refractivity contribution >= 4 is 5.97 Å². The lowest BCUT2D eigenvalue weighted by Crippen LogP contribution is -2.51. The van der Waals surface area contributed by atoms with E-state index in [9.17, 15) is 4.79 Å². The fourth-order valence-corrected chi connectivity index (χ4v) is 1.77. The molecular weight excluding hydrogens is 182 g/mol. The summed E-state index contributed by atoms with van der Waals surface area (Å²) in [7, 11) is 1.81. The zero-order valence-electron chi connectivity index (χ0n) is 8.97. The first-order chi connectivity index (χ1) is 6.75. The summed E-state index contributed by atoms with van der Waals surface area (Å²) in [4.78, 5) is 11.8. The molecule has 0 spiro atoms. The highest BCUT2D eigenvalue weighted by atomic mass is 16.5. The average molecular weight is 201 g/mol. The number of hydrogen-bond donors (Lipinski definition) is 1. The van der Waals surface area contributed by atoms with Gasteiger partial charge in [0.25, 0.3) is 0 Å². The first-order valence-corrected chi connectivity index (χ1v) is 5.19. The predicted octanol–water partition coefficient (Wildman–Crippen LogP) is 0.708. The normalized spacial score (nSPS) is 28.1. The fraction of sp³-hybridized carbons (Fsp3) is 0.900. The molecule has 0 bridgehead atoms. The Hall–Kier alpha value is -0.610. The smallest absolute Gasteiger partial charge is 0.326 e. The Balaban J connectivity index is 2.66. The zero-order valence-corrected chi connectivity index (χ0v) is 8.97. The van der Waals surface area contributed by atoms with E-state index in [-0.39, 0.29) is 5.97 Å². The molecule has 1 unspecified atom stereocenters. The molecule has 1 heterocycles. The molecule has 82 valence electrons. The van der Waals surface area contributed by atoms with Crippen LogP contribution < -0.4 is 5.32 Å². The summed E-state index contributed by atoms with van der Waals surface area (Å²) >= 11 is 0. The third-order valence-electron chi connectivity index (χ3n) is 2.71. The summed E-state index contributed by atoms with van der Waals surface area (Å²) in [5.41, 5.74) is -0.521. The topological polar surface area (TPSA) is 47.6 Å². The largest absolute Gasteiger partial charge is 0.465 e. The van der Waals surface area contributed by atoms with Crippen molar-refractivity contribution in [1.29, 1.82) is 0 Å². The number of esters is 1. The number of carbonyl (C=O) groups is 1. The minimum atomic E-state index is -0.521. The quantitative estimate of drug-likeness (QED) is 0.683. The van der Waals surface area contributed by atoms with Crippen LogP contribution in [0.4, 0.5) is 0 Å². The third kappa shape index (κ3) is 2.45. The van der Waals surface area contributed by atoms with E-state index in [0.717, 1.165) is 19.4 Å². The van der Waals surface area contributed by atoms with E-state index in [0.29, 0.717) is 19.6 Å². The summed E-state index contributed by atoms with van der Waals surface area (Å²) in [6.45, 7) is 3.63. The first kappa shape index (κ1) is 11.5. The summed E-state index contributed by atoms with van der Waals surface area (Å²) in [6, 6.07) is 0. The standard InChI is InChI=1S/C10H19NO3/c1-3-14-9(12)10(11-2)5-4-7-13-8-6-10/h11H,3-8H2,1-2H3. The van der Waals surface area contributed by atoms with Gasteiger partial charge >= 0.3 is 5.97 Å². The van der Waals surface area contributed by atoms with E-state index in [1.54, 1.807) is 0 Å². The highest BCUT2D eigenvalue weighted by molar-refractivity contribution is 5.80. The maximum atomic E-state index is 11.8. The molecule has 0 aromatic heterocycles. The Morgan fingerprint density at radius 2 is 2.29 bits per heavy atom. The van der Waals surface area contributed by atoms with Gasteiger partial charge in [0.15, 0.2) is 0 Å². The van der Waals surface area contributed by atoms with Crippen molar-refractivity contribution in [2.45, 2.75) is 31.7 Å². The predicted molar refractivity (Wildman–Crippen MR) is 53.1 cm³/mol. The molecule has 0 aliphatic carbocycles. The molecule has 4 nitrogen and oxygen atoms in total. The van der Waals surface area contributed by atoms with Crippen LogP contribution in [0.25, 0.3) is 0 Å².